The molecule has 0 bridgehead atoms. The highest BCUT2D eigenvalue weighted by Gasteiger charge is 2.29. The number of rotatable bonds is 3. The molecule has 0 spiro atoms. The van der Waals surface area contributed by atoms with Gasteiger partial charge in [0, 0.05) is 37.2 Å². The summed E-state index contributed by atoms with van der Waals surface area (Å²) in [6.07, 6.45) is 3.80. The molecule has 126 valence electrons. The SMILES string of the molecule is CCC(=O)N1CC[C@H](N[C@@H]2CCCOc3c(C)cc(C)cc32)C1. The lowest BCUT2D eigenvalue weighted by Gasteiger charge is -2.24. The van der Waals surface area contributed by atoms with Crippen LogP contribution >= 0.6 is 0 Å². The van der Waals surface area contributed by atoms with Gasteiger partial charge in [-0.2, -0.15) is 0 Å². The molecule has 2 aliphatic heterocycles. The molecule has 1 N–H and O–H groups in total. The van der Waals surface area contributed by atoms with Gasteiger partial charge in [0.25, 0.3) is 0 Å². The predicted molar refractivity (Wildman–Crippen MR) is 91.8 cm³/mol. The lowest BCUT2D eigenvalue weighted by molar-refractivity contribution is -0.129. The minimum Gasteiger partial charge on any atom is -0.493 e. The van der Waals surface area contributed by atoms with Gasteiger partial charge in [-0.25, -0.2) is 0 Å². The summed E-state index contributed by atoms with van der Waals surface area (Å²) in [6, 6.07) is 5.17. The Hall–Kier alpha value is -1.55. The minimum absolute atomic E-state index is 0.269. The van der Waals surface area contributed by atoms with Crippen molar-refractivity contribution in [3.63, 3.8) is 0 Å². The number of nitrogens with one attached hydrogen (secondary N) is 1. The van der Waals surface area contributed by atoms with E-state index in [2.05, 4.69) is 31.3 Å². The fourth-order valence-electron chi connectivity index (χ4n) is 3.86. The normalized spacial score (nSPS) is 24.0. The molecule has 2 atom stereocenters. The molecule has 1 aromatic rings. The Balaban J connectivity index is 1.75. The van der Waals surface area contributed by atoms with Crippen LogP contribution in [0.4, 0.5) is 0 Å². The largest absolute Gasteiger partial charge is 0.493 e. The van der Waals surface area contributed by atoms with Gasteiger partial charge in [-0.1, -0.05) is 24.6 Å². The molecule has 2 heterocycles. The molecule has 1 saturated heterocycles. The summed E-state index contributed by atoms with van der Waals surface area (Å²) in [5.41, 5.74) is 3.80. The highest BCUT2D eigenvalue weighted by molar-refractivity contribution is 5.76. The summed E-state index contributed by atoms with van der Waals surface area (Å²) in [7, 11) is 0. The zero-order valence-corrected chi connectivity index (χ0v) is 14.5. The number of likely N-dealkylation sites (tertiary alicyclic amines) is 1. The maximum absolute atomic E-state index is 11.9. The summed E-state index contributed by atoms with van der Waals surface area (Å²) < 4.78 is 6.00. The highest BCUT2D eigenvalue weighted by Crippen LogP contribution is 2.35. The molecule has 1 fully saturated rings. The zero-order chi connectivity index (χ0) is 16.4. The van der Waals surface area contributed by atoms with Crippen LogP contribution in [-0.2, 0) is 4.79 Å². The van der Waals surface area contributed by atoms with Crippen molar-refractivity contribution in [2.45, 2.75) is 58.5 Å². The van der Waals surface area contributed by atoms with Gasteiger partial charge in [0.15, 0.2) is 0 Å². The van der Waals surface area contributed by atoms with Crippen molar-refractivity contribution in [2.75, 3.05) is 19.7 Å². The summed E-state index contributed by atoms with van der Waals surface area (Å²) in [4.78, 5) is 13.9. The summed E-state index contributed by atoms with van der Waals surface area (Å²) >= 11 is 0. The molecule has 0 unspecified atom stereocenters. The van der Waals surface area contributed by atoms with Gasteiger partial charge < -0.3 is 15.0 Å². The quantitative estimate of drug-likeness (QED) is 0.931. The molecule has 1 amide bonds. The molecule has 1 aromatic carbocycles. The number of nitrogens with zero attached hydrogens (tertiary/aromatic N) is 1. The first-order valence-corrected chi connectivity index (χ1v) is 8.86. The number of carbonyl (C=O) groups is 1. The molecule has 0 saturated carbocycles. The van der Waals surface area contributed by atoms with E-state index in [9.17, 15) is 4.79 Å². The molecule has 3 rings (SSSR count). The number of aryl methyl sites for hydroxylation is 2. The predicted octanol–water partition coefficient (Wildman–Crippen LogP) is 3.12. The number of fused-ring (bicyclic) bond motifs is 1. The van der Waals surface area contributed by atoms with Crippen molar-refractivity contribution in [3.05, 3.63) is 28.8 Å². The van der Waals surface area contributed by atoms with Gasteiger partial charge in [-0.05, 0) is 38.7 Å². The van der Waals surface area contributed by atoms with Crippen molar-refractivity contribution in [1.82, 2.24) is 10.2 Å². The number of carbonyl (C=O) groups excluding carboxylic acids is 1. The minimum atomic E-state index is 0.269. The van der Waals surface area contributed by atoms with Crippen LogP contribution in [0, 0.1) is 13.8 Å². The third-order valence-electron chi connectivity index (χ3n) is 4.99. The van der Waals surface area contributed by atoms with Crippen molar-refractivity contribution in [1.29, 1.82) is 0 Å². The lowest BCUT2D eigenvalue weighted by Crippen LogP contribution is -2.37. The third-order valence-corrected chi connectivity index (χ3v) is 4.99. The van der Waals surface area contributed by atoms with E-state index in [1.165, 1.54) is 16.7 Å². The van der Waals surface area contributed by atoms with Gasteiger partial charge in [-0.15, -0.1) is 0 Å². The van der Waals surface area contributed by atoms with Crippen molar-refractivity contribution in [2.24, 2.45) is 0 Å². The maximum atomic E-state index is 11.9. The van der Waals surface area contributed by atoms with Crippen LogP contribution < -0.4 is 10.1 Å². The molecule has 4 nitrogen and oxygen atoms in total. The Morgan fingerprint density at radius 3 is 2.96 bits per heavy atom. The Morgan fingerprint density at radius 1 is 1.35 bits per heavy atom. The van der Waals surface area contributed by atoms with Crippen LogP contribution in [0.15, 0.2) is 12.1 Å². The highest BCUT2D eigenvalue weighted by atomic mass is 16.5. The maximum Gasteiger partial charge on any atom is 0.222 e. The monoisotopic (exact) mass is 316 g/mol. The number of hydrogen-bond donors (Lipinski definition) is 1. The molecule has 0 aliphatic carbocycles. The van der Waals surface area contributed by atoms with Crippen molar-refractivity contribution in [3.8, 4) is 5.75 Å². The van der Waals surface area contributed by atoms with Crippen LogP contribution in [0.5, 0.6) is 5.75 Å². The Labute approximate surface area is 139 Å². The molecule has 4 heteroatoms. The van der Waals surface area contributed by atoms with E-state index in [0.29, 0.717) is 18.5 Å². The van der Waals surface area contributed by atoms with Gasteiger partial charge in [-0.3, -0.25) is 4.79 Å². The Bertz CT molecular complexity index is 585. The average Bonchev–Trinajstić information content (AvgIpc) is 2.90. The second kappa shape index (κ2) is 6.91. The molecule has 2 aliphatic rings. The van der Waals surface area contributed by atoms with E-state index in [0.717, 1.165) is 44.7 Å². The molecular formula is C19H28N2O2. The van der Waals surface area contributed by atoms with Crippen LogP contribution in [0.25, 0.3) is 0 Å². The molecule has 0 radical (unpaired) electrons. The van der Waals surface area contributed by atoms with Crippen molar-refractivity contribution < 1.29 is 9.53 Å². The fraction of sp³-hybridized carbons (Fsp3) is 0.632. The molecule has 23 heavy (non-hydrogen) atoms. The van der Waals surface area contributed by atoms with E-state index in [4.69, 9.17) is 4.74 Å². The van der Waals surface area contributed by atoms with E-state index in [1.807, 2.05) is 11.8 Å². The van der Waals surface area contributed by atoms with E-state index in [-0.39, 0.29) is 5.91 Å². The van der Waals surface area contributed by atoms with E-state index in [1.54, 1.807) is 0 Å². The van der Waals surface area contributed by atoms with Crippen LogP contribution in [-0.4, -0.2) is 36.5 Å². The Morgan fingerprint density at radius 2 is 2.17 bits per heavy atom. The average molecular weight is 316 g/mol. The first-order chi connectivity index (χ1) is 11.1. The van der Waals surface area contributed by atoms with E-state index >= 15 is 0 Å². The summed E-state index contributed by atoms with van der Waals surface area (Å²) in [6.45, 7) is 8.73. The van der Waals surface area contributed by atoms with Gasteiger partial charge >= 0.3 is 0 Å². The summed E-state index contributed by atoms with van der Waals surface area (Å²) in [5, 5.41) is 3.80. The standard InChI is InChI=1S/C19H28N2O2/c1-4-18(22)21-8-7-15(12-21)20-17-6-5-9-23-19-14(3)10-13(2)11-16(17)19/h10-11,15,17,20H,4-9,12H2,1-3H3/t15-,17+/m0/s1. The van der Waals surface area contributed by atoms with E-state index < -0.39 is 0 Å². The second-order valence-corrected chi connectivity index (χ2v) is 6.89. The smallest absolute Gasteiger partial charge is 0.222 e. The number of ether oxygens (including phenoxy) is 1. The summed E-state index contributed by atoms with van der Waals surface area (Å²) in [5.74, 6) is 1.33. The van der Waals surface area contributed by atoms with Gasteiger partial charge in [0.2, 0.25) is 5.91 Å². The molecule has 0 aromatic heterocycles. The first kappa shape index (κ1) is 16.3. The number of amides is 1. The second-order valence-electron chi connectivity index (χ2n) is 6.89. The number of benzene rings is 1. The van der Waals surface area contributed by atoms with Gasteiger partial charge in [0.05, 0.1) is 6.61 Å². The van der Waals surface area contributed by atoms with Crippen LogP contribution in [0.3, 0.4) is 0 Å². The van der Waals surface area contributed by atoms with Gasteiger partial charge in [0.1, 0.15) is 5.75 Å². The molecular weight excluding hydrogens is 288 g/mol. The fourth-order valence-corrected chi connectivity index (χ4v) is 3.86. The van der Waals surface area contributed by atoms with Crippen LogP contribution in [0.2, 0.25) is 0 Å². The van der Waals surface area contributed by atoms with Crippen molar-refractivity contribution >= 4 is 5.91 Å². The van der Waals surface area contributed by atoms with Crippen LogP contribution in [0.1, 0.15) is 55.3 Å². The number of hydrogen-bond acceptors (Lipinski definition) is 3. The lowest BCUT2D eigenvalue weighted by atomic mass is 9.96. The topological polar surface area (TPSA) is 41.6 Å². The zero-order valence-electron chi connectivity index (χ0n) is 14.5. The first-order valence-electron chi connectivity index (χ1n) is 8.86. The Kier molecular flexibility index (Phi) is 4.90. The third kappa shape index (κ3) is 3.52.